The topological polar surface area (TPSA) is 47.6 Å². The second kappa shape index (κ2) is 8.81. The molecule has 0 saturated heterocycles. The van der Waals surface area contributed by atoms with Crippen molar-refractivity contribution in [2.75, 3.05) is 0 Å². The molecule has 0 bridgehead atoms. The maximum absolute atomic E-state index is 15.5. The van der Waals surface area contributed by atoms with Gasteiger partial charge in [0.2, 0.25) is 0 Å². The standard InChI is InChI=1S/C26H5F15N2/c27-20-10(5-43)21(28)22(29)16-9(4-42)14-7-2-12(24(33,34)35)11(23(30,31)32)1-6(7)8-3-13(25(36,37)38)19(26(39,40)41)17(15(8)14)18(16)20/h2-3,22H,1H2. The van der Waals surface area contributed by atoms with Crippen LogP contribution in [0.4, 0.5) is 65.9 Å². The van der Waals surface area contributed by atoms with Crippen LogP contribution in [0, 0.1) is 22.7 Å². The van der Waals surface area contributed by atoms with Gasteiger partial charge in [-0.2, -0.15) is 63.2 Å². The number of rotatable bonds is 0. The molecule has 0 aromatic heterocycles. The third kappa shape index (κ3) is 4.11. The maximum Gasteiger partial charge on any atom is 0.417 e. The summed E-state index contributed by atoms with van der Waals surface area (Å²) < 4.78 is 214. The molecular formula is C26H5F15N2. The van der Waals surface area contributed by atoms with E-state index in [2.05, 4.69) is 0 Å². The van der Waals surface area contributed by atoms with Crippen molar-refractivity contribution in [3.05, 3.63) is 72.9 Å². The minimum atomic E-state index is -6.11. The Labute approximate surface area is 227 Å². The Hall–Kier alpha value is -4.41. The summed E-state index contributed by atoms with van der Waals surface area (Å²) >= 11 is 0. The van der Waals surface area contributed by atoms with E-state index in [0.717, 1.165) is 6.07 Å². The molecule has 2 aromatic carbocycles. The van der Waals surface area contributed by atoms with Crippen LogP contribution in [0.1, 0.15) is 40.4 Å². The van der Waals surface area contributed by atoms with Crippen molar-refractivity contribution in [3.8, 4) is 12.1 Å². The molecule has 2 aromatic rings. The fourth-order valence-electron chi connectivity index (χ4n) is 5.58. The molecule has 0 aliphatic heterocycles. The number of fused-ring (bicyclic) bond motifs is 4. The molecule has 0 N–H and O–H groups in total. The summed E-state index contributed by atoms with van der Waals surface area (Å²) in [6.45, 7) is 0. The minimum Gasteiger partial charge on any atom is -0.234 e. The number of hydrogen-bond acceptors (Lipinski definition) is 2. The van der Waals surface area contributed by atoms with Crippen molar-refractivity contribution in [1.82, 2.24) is 0 Å². The van der Waals surface area contributed by atoms with Crippen LogP contribution >= 0.6 is 0 Å². The van der Waals surface area contributed by atoms with E-state index in [0.29, 0.717) is 0 Å². The number of alkyl halides is 13. The molecule has 0 amide bonds. The number of nitrogens with zero attached hydrogens (tertiary/aromatic N) is 2. The van der Waals surface area contributed by atoms with Gasteiger partial charge in [-0.3, -0.25) is 0 Å². The fraction of sp³-hybridized carbons (Fsp3) is 0.231. The Bertz CT molecular complexity index is 1980. The zero-order valence-corrected chi connectivity index (χ0v) is 20.0. The van der Waals surface area contributed by atoms with Crippen LogP contribution in [-0.2, 0) is 12.4 Å². The molecule has 2 nitrogen and oxygen atoms in total. The summed E-state index contributed by atoms with van der Waals surface area (Å²) in [7, 11) is 0. The highest BCUT2D eigenvalue weighted by atomic mass is 19.4. The Morgan fingerprint density at radius 3 is 1.84 bits per heavy atom. The van der Waals surface area contributed by atoms with Crippen molar-refractivity contribution >= 4 is 27.7 Å². The molecule has 3 aliphatic rings. The second-order valence-corrected chi connectivity index (χ2v) is 9.36. The smallest absolute Gasteiger partial charge is 0.234 e. The third-order valence-electron chi connectivity index (χ3n) is 7.12. The SMILES string of the molecule is N#CC1=C(F)C(F)c2c(C#N)c3c4c(cc(C(F)(F)F)c(C(F)(F)F)c4c2=C1F)=C1CC(C(F)(F)F)=C(C(F)(F)F)C=C13. The zero-order chi connectivity index (χ0) is 32.4. The van der Waals surface area contributed by atoms with Crippen molar-refractivity contribution in [3.63, 3.8) is 0 Å². The highest BCUT2D eigenvalue weighted by Crippen LogP contribution is 2.53. The van der Waals surface area contributed by atoms with Crippen LogP contribution in [0.2, 0.25) is 0 Å². The Morgan fingerprint density at radius 1 is 0.767 bits per heavy atom. The summed E-state index contributed by atoms with van der Waals surface area (Å²) in [6.07, 6.45) is -29.3. The van der Waals surface area contributed by atoms with Crippen molar-refractivity contribution < 1.29 is 65.9 Å². The predicted molar refractivity (Wildman–Crippen MR) is 115 cm³/mol. The summed E-state index contributed by atoms with van der Waals surface area (Å²) in [5.41, 5.74) is -18.5. The van der Waals surface area contributed by atoms with Gasteiger partial charge in [0.05, 0.1) is 22.3 Å². The summed E-state index contributed by atoms with van der Waals surface area (Å²) in [5.74, 6) is -4.65. The number of allylic oxidation sites excluding steroid dienone is 6. The molecule has 3 aliphatic carbocycles. The lowest BCUT2D eigenvalue weighted by Gasteiger charge is -2.25. The maximum atomic E-state index is 15.5. The molecule has 5 rings (SSSR count). The van der Waals surface area contributed by atoms with E-state index in [1.807, 2.05) is 0 Å². The van der Waals surface area contributed by atoms with Crippen molar-refractivity contribution in [2.45, 2.75) is 37.3 Å². The lowest BCUT2D eigenvalue weighted by Crippen LogP contribution is -2.30. The number of hydrogen-bond donors (Lipinski definition) is 0. The van der Waals surface area contributed by atoms with Gasteiger partial charge in [-0.15, -0.1) is 0 Å². The number of halogens is 15. The number of benzene rings is 2. The van der Waals surface area contributed by atoms with Crippen LogP contribution in [0.5, 0.6) is 0 Å². The lowest BCUT2D eigenvalue weighted by atomic mass is 9.81. The second-order valence-electron chi connectivity index (χ2n) is 9.36. The van der Waals surface area contributed by atoms with E-state index in [4.69, 9.17) is 5.26 Å². The van der Waals surface area contributed by atoms with Crippen LogP contribution in [-0.4, -0.2) is 12.4 Å². The van der Waals surface area contributed by atoms with Crippen molar-refractivity contribution in [1.29, 1.82) is 10.5 Å². The predicted octanol–water partition coefficient (Wildman–Crippen LogP) is 7.97. The first-order chi connectivity index (χ1) is 19.6. The molecule has 0 radical (unpaired) electrons. The largest absolute Gasteiger partial charge is 0.417 e. The summed E-state index contributed by atoms with van der Waals surface area (Å²) in [4.78, 5) is 0. The van der Waals surface area contributed by atoms with Gasteiger partial charge < -0.3 is 0 Å². The Morgan fingerprint density at radius 2 is 1.37 bits per heavy atom. The molecular weight excluding hydrogens is 625 g/mol. The fourth-order valence-corrected chi connectivity index (χ4v) is 5.58. The van der Waals surface area contributed by atoms with Gasteiger partial charge in [0.15, 0.2) is 17.8 Å². The summed E-state index contributed by atoms with van der Waals surface area (Å²) in [5, 5.41) is 12.7. The number of nitriles is 2. The van der Waals surface area contributed by atoms with Gasteiger partial charge in [0.25, 0.3) is 0 Å². The van der Waals surface area contributed by atoms with Crippen LogP contribution < -0.4 is 10.4 Å². The molecule has 1 atom stereocenters. The van der Waals surface area contributed by atoms with Gasteiger partial charge in [0, 0.05) is 33.7 Å². The monoisotopic (exact) mass is 630 g/mol. The van der Waals surface area contributed by atoms with Crippen LogP contribution in [0.25, 0.3) is 27.7 Å². The first kappa shape index (κ1) is 30.1. The highest BCUT2D eigenvalue weighted by molar-refractivity contribution is 6.18. The summed E-state index contributed by atoms with van der Waals surface area (Å²) in [6, 6.07) is 1.67. The molecule has 0 fully saturated rings. The molecule has 0 heterocycles. The van der Waals surface area contributed by atoms with Crippen LogP contribution in [0.15, 0.2) is 34.7 Å². The van der Waals surface area contributed by atoms with E-state index in [1.165, 1.54) is 6.07 Å². The molecule has 1 unspecified atom stereocenters. The van der Waals surface area contributed by atoms with Gasteiger partial charge in [-0.05, 0) is 33.9 Å². The van der Waals surface area contributed by atoms with Gasteiger partial charge in [0.1, 0.15) is 17.7 Å². The van der Waals surface area contributed by atoms with Crippen LogP contribution in [0.3, 0.4) is 0 Å². The Balaban J connectivity index is 2.21. The van der Waals surface area contributed by atoms with E-state index in [9.17, 15) is 62.3 Å². The average molecular weight is 630 g/mol. The Kier molecular flexibility index (Phi) is 6.16. The quantitative estimate of drug-likeness (QED) is 0.278. The van der Waals surface area contributed by atoms with E-state index in [1.54, 1.807) is 0 Å². The third-order valence-corrected chi connectivity index (χ3v) is 7.12. The van der Waals surface area contributed by atoms with E-state index in [-0.39, 0.29) is 12.1 Å². The molecule has 0 saturated carbocycles. The minimum absolute atomic E-state index is 0.271. The van der Waals surface area contributed by atoms with Crippen molar-refractivity contribution in [2.24, 2.45) is 0 Å². The van der Waals surface area contributed by atoms with E-state index < -0.39 is 126 Å². The first-order valence-corrected chi connectivity index (χ1v) is 11.3. The van der Waals surface area contributed by atoms with Gasteiger partial charge in [-0.1, -0.05) is 0 Å². The first-order valence-electron chi connectivity index (χ1n) is 11.3. The molecule has 43 heavy (non-hydrogen) atoms. The van der Waals surface area contributed by atoms with E-state index >= 15 is 8.78 Å². The van der Waals surface area contributed by atoms with Gasteiger partial charge >= 0.3 is 24.7 Å². The zero-order valence-electron chi connectivity index (χ0n) is 20.0. The average Bonchev–Trinajstić information content (AvgIpc) is 3.18. The molecule has 224 valence electrons. The van der Waals surface area contributed by atoms with Gasteiger partial charge in [-0.25, -0.2) is 13.2 Å². The highest BCUT2D eigenvalue weighted by Gasteiger charge is 2.51. The lowest BCUT2D eigenvalue weighted by molar-refractivity contribution is -0.161. The molecule has 17 heteroatoms. The molecule has 0 spiro atoms. The normalized spacial score (nSPS) is 19.0.